The zero-order valence-corrected chi connectivity index (χ0v) is 18.6. The van der Waals surface area contributed by atoms with Crippen LogP contribution in [0.1, 0.15) is 23.0 Å². The van der Waals surface area contributed by atoms with Gasteiger partial charge in [0, 0.05) is 49.3 Å². The molecule has 4 atom stereocenters. The number of nitrogens with one attached hydrogen (secondary N) is 1. The summed E-state index contributed by atoms with van der Waals surface area (Å²) in [6.45, 7) is 0.322. The van der Waals surface area contributed by atoms with Gasteiger partial charge < -0.3 is 19.9 Å². The van der Waals surface area contributed by atoms with Crippen LogP contribution in [0.3, 0.4) is 0 Å². The molecule has 174 valence electrons. The summed E-state index contributed by atoms with van der Waals surface area (Å²) in [5, 5.41) is 13.3. The molecule has 2 N–H and O–H groups in total. The number of carbonyl (C=O) groups is 2. The van der Waals surface area contributed by atoms with Gasteiger partial charge >= 0.3 is 0 Å². The Hall–Kier alpha value is -3.78. The van der Waals surface area contributed by atoms with E-state index < -0.39 is 23.9 Å². The van der Waals surface area contributed by atoms with Crippen molar-refractivity contribution in [2.75, 3.05) is 6.61 Å². The van der Waals surface area contributed by atoms with E-state index in [1.807, 2.05) is 36.4 Å². The van der Waals surface area contributed by atoms with Gasteiger partial charge in [0.15, 0.2) is 0 Å². The number of nitrogens with zero attached hydrogens (tertiary/aromatic N) is 3. The van der Waals surface area contributed by atoms with Gasteiger partial charge in [-0.1, -0.05) is 42.5 Å². The van der Waals surface area contributed by atoms with Crippen molar-refractivity contribution in [3.63, 3.8) is 0 Å². The molecule has 2 aliphatic rings. The highest BCUT2D eigenvalue weighted by Gasteiger charge is 2.57. The number of benzene rings is 1. The SMILES string of the molecule is O=C(NCc1ccccc1)[C@@H]1[C@@H](CO)[C@@H]2Cn3c(cccc3=O)[C@H]1N2C(=O)Cc1ccccn1. The summed E-state index contributed by atoms with van der Waals surface area (Å²) < 4.78 is 1.63. The molecule has 0 saturated carbocycles. The second-order valence-corrected chi connectivity index (χ2v) is 8.79. The fraction of sp³-hybridized carbons (Fsp3) is 0.308. The molecule has 1 saturated heterocycles. The van der Waals surface area contributed by atoms with Crippen LogP contribution in [0.2, 0.25) is 0 Å². The van der Waals surface area contributed by atoms with E-state index in [1.54, 1.807) is 39.9 Å². The third kappa shape index (κ3) is 3.90. The van der Waals surface area contributed by atoms with Crippen LogP contribution in [0.5, 0.6) is 0 Å². The smallest absolute Gasteiger partial charge is 0.250 e. The van der Waals surface area contributed by atoms with Crippen LogP contribution >= 0.6 is 0 Å². The van der Waals surface area contributed by atoms with Crippen LogP contribution in [0.15, 0.2) is 77.7 Å². The van der Waals surface area contributed by atoms with Crippen LogP contribution < -0.4 is 10.9 Å². The minimum Gasteiger partial charge on any atom is -0.396 e. The Morgan fingerprint density at radius 1 is 1.03 bits per heavy atom. The molecular weight excluding hydrogens is 432 g/mol. The number of aromatic nitrogens is 2. The number of aliphatic hydroxyl groups is 1. The first-order valence-corrected chi connectivity index (χ1v) is 11.4. The summed E-state index contributed by atoms with van der Waals surface area (Å²) in [5.41, 5.74) is 2.03. The van der Waals surface area contributed by atoms with Gasteiger partial charge in [0.25, 0.3) is 5.56 Å². The molecule has 2 bridgehead atoms. The number of amides is 2. The molecule has 8 nitrogen and oxygen atoms in total. The van der Waals surface area contributed by atoms with Gasteiger partial charge in [0.05, 0.1) is 24.4 Å². The van der Waals surface area contributed by atoms with E-state index in [9.17, 15) is 19.5 Å². The van der Waals surface area contributed by atoms with Crippen molar-refractivity contribution >= 4 is 11.8 Å². The summed E-state index contributed by atoms with van der Waals surface area (Å²) in [7, 11) is 0. The lowest BCUT2D eigenvalue weighted by atomic mass is 9.86. The standard InChI is InChI=1S/C26H26N4O4/c31-16-19-21-15-29-20(10-6-11-22(29)32)25(30(21)23(33)13-18-9-4-5-12-27-18)24(19)26(34)28-14-17-7-2-1-3-8-17/h1-12,19,21,24-25,31H,13-16H2,(H,28,34)/t19-,21-,24+,25+/m0/s1. The molecule has 0 aliphatic carbocycles. The third-order valence-electron chi connectivity index (χ3n) is 6.88. The van der Waals surface area contributed by atoms with E-state index in [1.165, 1.54) is 6.07 Å². The van der Waals surface area contributed by atoms with Crippen LogP contribution in [0, 0.1) is 11.8 Å². The monoisotopic (exact) mass is 458 g/mol. The van der Waals surface area contributed by atoms with Crippen molar-refractivity contribution in [1.82, 2.24) is 19.8 Å². The molecule has 8 heteroatoms. The van der Waals surface area contributed by atoms with Crippen LogP contribution in [0.25, 0.3) is 0 Å². The van der Waals surface area contributed by atoms with E-state index in [0.717, 1.165) is 5.56 Å². The van der Waals surface area contributed by atoms with E-state index >= 15 is 0 Å². The summed E-state index contributed by atoms with van der Waals surface area (Å²) in [5.74, 6) is -1.58. The lowest BCUT2D eigenvalue weighted by Gasteiger charge is -2.38. The molecule has 2 aliphatic heterocycles. The normalized spacial score (nSPS) is 22.8. The first-order valence-electron chi connectivity index (χ1n) is 11.4. The van der Waals surface area contributed by atoms with Crippen molar-refractivity contribution in [2.24, 2.45) is 11.8 Å². The second kappa shape index (κ2) is 9.23. The number of aliphatic hydroxyl groups excluding tert-OH is 1. The molecule has 2 amide bonds. The largest absolute Gasteiger partial charge is 0.396 e. The summed E-state index contributed by atoms with van der Waals surface area (Å²) in [6, 6.07) is 18.8. The fourth-order valence-electron chi connectivity index (χ4n) is 5.35. The van der Waals surface area contributed by atoms with Crippen LogP contribution in [-0.2, 0) is 29.1 Å². The Labute approximate surface area is 196 Å². The Morgan fingerprint density at radius 3 is 2.56 bits per heavy atom. The van der Waals surface area contributed by atoms with Gasteiger partial charge in [-0.25, -0.2) is 0 Å². The van der Waals surface area contributed by atoms with Gasteiger partial charge in [-0.3, -0.25) is 19.4 Å². The molecule has 4 heterocycles. The molecule has 0 unspecified atom stereocenters. The van der Waals surface area contributed by atoms with Gasteiger partial charge in [-0.2, -0.15) is 0 Å². The Balaban J connectivity index is 1.50. The first kappa shape index (κ1) is 22.0. The predicted octanol–water partition coefficient (Wildman–Crippen LogP) is 1.29. The van der Waals surface area contributed by atoms with Gasteiger partial charge in [-0.05, 0) is 23.8 Å². The highest BCUT2D eigenvalue weighted by atomic mass is 16.3. The van der Waals surface area contributed by atoms with Gasteiger partial charge in [-0.15, -0.1) is 0 Å². The van der Waals surface area contributed by atoms with Crippen molar-refractivity contribution in [3.8, 4) is 0 Å². The minimum absolute atomic E-state index is 0.0847. The molecule has 2 aromatic heterocycles. The second-order valence-electron chi connectivity index (χ2n) is 8.79. The molecule has 5 rings (SSSR count). The topological polar surface area (TPSA) is 105 Å². The number of fused-ring (bicyclic) bond motifs is 4. The quantitative estimate of drug-likeness (QED) is 0.579. The Bertz CT molecular complexity index is 1240. The number of hydrogen-bond acceptors (Lipinski definition) is 5. The van der Waals surface area contributed by atoms with Crippen molar-refractivity contribution < 1.29 is 14.7 Å². The van der Waals surface area contributed by atoms with Crippen molar-refractivity contribution in [3.05, 3.63) is 100 Å². The molecule has 1 aromatic carbocycles. The molecule has 0 radical (unpaired) electrons. The molecule has 34 heavy (non-hydrogen) atoms. The van der Waals surface area contributed by atoms with E-state index in [0.29, 0.717) is 17.9 Å². The van der Waals surface area contributed by atoms with Gasteiger partial charge in [0.2, 0.25) is 11.8 Å². The average molecular weight is 459 g/mol. The summed E-state index contributed by atoms with van der Waals surface area (Å²) >= 11 is 0. The number of hydrogen-bond donors (Lipinski definition) is 2. The molecular formula is C26H26N4O4. The van der Waals surface area contributed by atoms with E-state index in [-0.39, 0.29) is 36.9 Å². The van der Waals surface area contributed by atoms with E-state index in [4.69, 9.17) is 0 Å². The lowest BCUT2D eigenvalue weighted by Crippen LogP contribution is -2.49. The summed E-state index contributed by atoms with van der Waals surface area (Å²) in [4.78, 5) is 45.6. The molecule has 3 aromatic rings. The maximum Gasteiger partial charge on any atom is 0.250 e. The van der Waals surface area contributed by atoms with Crippen LogP contribution in [-0.4, -0.2) is 44.0 Å². The Kier molecular flexibility index (Phi) is 5.98. The first-order chi connectivity index (χ1) is 16.6. The van der Waals surface area contributed by atoms with E-state index in [2.05, 4.69) is 10.3 Å². The van der Waals surface area contributed by atoms with Crippen LogP contribution in [0.4, 0.5) is 0 Å². The minimum atomic E-state index is -0.679. The maximum atomic E-state index is 13.5. The zero-order chi connectivity index (χ0) is 23.7. The highest BCUT2D eigenvalue weighted by molar-refractivity contribution is 5.85. The van der Waals surface area contributed by atoms with Gasteiger partial charge in [0.1, 0.15) is 0 Å². The predicted molar refractivity (Wildman–Crippen MR) is 124 cm³/mol. The molecule has 0 spiro atoms. The zero-order valence-electron chi connectivity index (χ0n) is 18.6. The molecule has 1 fully saturated rings. The number of carbonyl (C=O) groups excluding carboxylic acids is 2. The maximum absolute atomic E-state index is 13.5. The van der Waals surface area contributed by atoms with Crippen molar-refractivity contribution in [2.45, 2.75) is 31.6 Å². The fourth-order valence-corrected chi connectivity index (χ4v) is 5.35. The summed E-state index contributed by atoms with van der Waals surface area (Å²) in [6.07, 6.45) is 1.72. The average Bonchev–Trinajstić information content (AvgIpc) is 3.11. The lowest BCUT2D eigenvalue weighted by molar-refractivity contribution is -0.136. The van der Waals surface area contributed by atoms with Crippen molar-refractivity contribution in [1.29, 1.82) is 0 Å². The third-order valence-corrected chi connectivity index (χ3v) is 6.88. The Morgan fingerprint density at radius 2 is 1.82 bits per heavy atom. The number of rotatable bonds is 6. The number of pyridine rings is 2. The highest BCUT2D eigenvalue weighted by Crippen LogP contribution is 2.48.